The van der Waals surface area contributed by atoms with E-state index in [4.69, 9.17) is 0 Å². The fourth-order valence-electron chi connectivity index (χ4n) is 3.47. The van der Waals surface area contributed by atoms with Gasteiger partial charge in [0, 0.05) is 26.1 Å². The summed E-state index contributed by atoms with van der Waals surface area (Å²) in [5.74, 6) is 0.496. The van der Waals surface area contributed by atoms with E-state index in [2.05, 4.69) is 43.4 Å². The second-order valence-corrected chi connectivity index (χ2v) is 9.87. The van der Waals surface area contributed by atoms with Crippen molar-refractivity contribution in [2.24, 2.45) is 0 Å². The van der Waals surface area contributed by atoms with Crippen LogP contribution in [0.5, 0.6) is 0 Å². The maximum Gasteiger partial charge on any atom is 0.243 e. The third kappa shape index (κ3) is 5.67. The van der Waals surface area contributed by atoms with Gasteiger partial charge in [-0.1, -0.05) is 50.2 Å². The van der Waals surface area contributed by atoms with Gasteiger partial charge in [-0.05, 0) is 54.0 Å². The lowest BCUT2D eigenvalue weighted by Gasteiger charge is -2.15. The van der Waals surface area contributed by atoms with Crippen molar-refractivity contribution in [3.8, 4) is 0 Å². The van der Waals surface area contributed by atoms with E-state index in [0.29, 0.717) is 43.3 Å². The fraction of sp³-hybridized carbons (Fsp3) is 0.435. The Morgan fingerprint density at radius 1 is 0.966 bits per heavy atom. The zero-order chi connectivity index (χ0) is 20.9. The fourth-order valence-corrected chi connectivity index (χ4v) is 4.99. The number of sulfonamides is 1. The predicted molar refractivity (Wildman–Crippen MR) is 115 cm³/mol. The van der Waals surface area contributed by atoms with E-state index in [1.54, 1.807) is 24.3 Å². The van der Waals surface area contributed by atoms with Gasteiger partial charge in [-0.3, -0.25) is 4.79 Å². The van der Waals surface area contributed by atoms with Crippen LogP contribution in [0.1, 0.15) is 55.7 Å². The molecular weight excluding hydrogens is 384 g/mol. The highest BCUT2D eigenvalue weighted by molar-refractivity contribution is 7.89. The average molecular weight is 415 g/mol. The zero-order valence-electron chi connectivity index (χ0n) is 17.2. The molecule has 0 unspecified atom stereocenters. The Morgan fingerprint density at radius 2 is 1.55 bits per heavy atom. The maximum atomic E-state index is 12.5. The van der Waals surface area contributed by atoms with Crippen molar-refractivity contribution in [1.29, 1.82) is 0 Å². The number of nitrogens with zero attached hydrogens (tertiary/aromatic N) is 1. The van der Waals surface area contributed by atoms with Crippen molar-refractivity contribution in [3.05, 3.63) is 65.2 Å². The summed E-state index contributed by atoms with van der Waals surface area (Å²) in [6, 6.07) is 15.2. The van der Waals surface area contributed by atoms with Gasteiger partial charge in [-0.2, -0.15) is 4.31 Å². The van der Waals surface area contributed by atoms with E-state index in [-0.39, 0.29) is 5.91 Å². The van der Waals surface area contributed by atoms with Crippen LogP contribution in [0.15, 0.2) is 53.4 Å². The molecule has 1 saturated heterocycles. The van der Waals surface area contributed by atoms with Gasteiger partial charge < -0.3 is 5.32 Å². The normalized spacial score (nSPS) is 15.0. The molecule has 1 aliphatic heterocycles. The molecule has 0 aromatic heterocycles. The topological polar surface area (TPSA) is 66.5 Å². The SMILES string of the molecule is CC(C)c1ccc(CCC(=O)NCc2ccc(S(=O)(=O)N3CCCC3)cc2)cc1. The lowest BCUT2D eigenvalue weighted by Crippen LogP contribution is -2.28. The Hall–Kier alpha value is -2.18. The van der Waals surface area contributed by atoms with Gasteiger partial charge in [0.05, 0.1) is 4.90 Å². The van der Waals surface area contributed by atoms with E-state index >= 15 is 0 Å². The number of hydrogen-bond acceptors (Lipinski definition) is 3. The molecule has 1 fully saturated rings. The van der Waals surface area contributed by atoms with Crippen molar-refractivity contribution >= 4 is 15.9 Å². The van der Waals surface area contributed by atoms with Crippen LogP contribution in [-0.4, -0.2) is 31.7 Å². The van der Waals surface area contributed by atoms with E-state index in [0.717, 1.165) is 24.0 Å². The third-order valence-electron chi connectivity index (χ3n) is 5.40. The number of aryl methyl sites for hydroxylation is 1. The van der Waals surface area contributed by atoms with Gasteiger partial charge >= 0.3 is 0 Å². The lowest BCUT2D eigenvalue weighted by atomic mass is 10.0. The van der Waals surface area contributed by atoms with E-state index in [9.17, 15) is 13.2 Å². The summed E-state index contributed by atoms with van der Waals surface area (Å²) < 4.78 is 26.6. The maximum absolute atomic E-state index is 12.5. The first-order chi connectivity index (χ1) is 13.9. The van der Waals surface area contributed by atoms with Crippen molar-refractivity contribution in [3.63, 3.8) is 0 Å². The number of carbonyl (C=O) groups is 1. The summed E-state index contributed by atoms with van der Waals surface area (Å²) in [5, 5.41) is 2.91. The largest absolute Gasteiger partial charge is 0.352 e. The molecule has 5 nitrogen and oxygen atoms in total. The summed E-state index contributed by atoms with van der Waals surface area (Å²) in [4.78, 5) is 12.5. The first kappa shape index (κ1) is 21.5. The van der Waals surface area contributed by atoms with Crippen LogP contribution in [0.2, 0.25) is 0 Å². The smallest absolute Gasteiger partial charge is 0.243 e. The van der Waals surface area contributed by atoms with Gasteiger partial charge in [0.15, 0.2) is 0 Å². The Kier molecular flexibility index (Phi) is 7.09. The van der Waals surface area contributed by atoms with E-state index in [1.165, 1.54) is 9.87 Å². The number of carbonyl (C=O) groups excluding carboxylic acids is 1. The highest BCUT2D eigenvalue weighted by Crippen LogP contribution is 2.21. The molecule has 2 aromatic carbocycles. The standard InChI is InChI=1S/C23H30N2O3S/c1-18(2)21-10-5-19(6-11-21)9-14-23(26)24-17-20-7-12-22(13-8-20)29(27,28)25-15-3-4-16-25/h5-8,10-13,18H,3-4,9,14-17H2,1-2H3,(H,24,26). The minimum atomic E-state index is -3.39. The quantitative estimate of drug-likeness (QED) is 0.714. The number of amides is 1. The number of nitrogens with one attached hydrogen (secondary N) is 1. The molecule has 3 rings (SSSR count). The van der Waals surface area contributed by atoms with Gasteiger partial charge in [-0.25, -0.2) is 8.42 Å². The first-order valence-corrected chi connectivity index (χ1v) is 11.7. The number of benzene rings is 2. The van der Waals surface area contributed by atoms with Crippen molar-refractivity contribution in [2.75, 3.05) is 13.1 Å². The Labute approximate surface area is 174 Å². The van der Waals surface area contributed by atoms with Crippen molar-refractivity contribution in [2.45, 2.75) is 56.9 Å². The lowest BCUT2D eigenvalue weighted by molar-refractivity contribution is -0.121. The molecule has 0 radical (unpaired) electrons. The van der Waals surface area contributed by atoms with E-state index in [1.807, 2.05) is 0 Å². The summed E-state index contributed by atoms with van der Waals surface area (Å²) in [7, 11) is -3.39. The monoisotopic (exact) mass is 414 g/mol. The molecule has 29 heavy (non-hydrogen) atoms. The molecule has 1 aliphatic rings. The minimum Gasteiger partial charge on any atom is -0.352 e. The highest BCUT2D eigenvalue weighted by Gasteiger charge is 2.26. The molecule has 1 amide bonds. The Bertz CT molecular complexity index is 914. The van der Waals surface area contributed by atoms with Crippen LogP contribution in [-0.2, 0) is 27.8 Å². The molecule has 1 N–H and O–H groups in total. The molecule has 0 bridgehead atoms. The van der Waals surface area contributed by atoms with E-state index < -0.39 is 10.0 Å². The molecule has 1 heterocycles. The molecule has 0 saturated carbocycles. The first-order valence-electron chi connectivity index (χ1n) is 10.3. The molecule has 2 aromatic rings. The summed E-state index contributed by atoms with van der Waals surface area (Å²) >= 11 is 0. The van der Waals surface area contributed by atoms with Gasteiger partial charge in [0.25, 0.3) is 0 Å². The molecule has 0 spiro atoms. The Morgan fingerprint density at radius 3 is 2.14 bits per heavy atom. The zero-order valence-corrected chi connectivity index (χ0v) is 18.0. The minimum absolute atomic E-state index is 0.00768. The molecule has 0 atom stereocenters. The average Bonchev–Trinajstić information content (AvgIpc) is 3.27. The van der Waals surface area contributed by atoms with Crippen LogP contribution < -0.4 is 5.32 Å². The molecule has 156 valence electrons. The number of hydrogen-bond donors (Lipinski definition) is 1. The second-order valence-electron chi connectivity index (χ2n) is 7.93. The van der Waals surface area contributed by atoms with Crippen LogP contribution in [0, 0.1) is 0 Å². The summed E-state index contributed by atoms with van der Waals surface area (Å²) in [6.07, 6.45) is 2.98. The van der Waals surface area contributed by atoms with Crippen LogP contribution in [0.4, 0.5) is 0 Å². The van der Waals surface area contributed by atoms with Crippen LogP contribution in [0.25, 0.3) is 0 Å². The third-order valence-corrected chi connectivity index (χ3v) is 7.32. The van der Waals surface area contributed by atoms with Crippen molar-refractivity contribution in [1.82, 2.24) is 9.62 Å². The summed E-state index contributed by atoms with van der Waals surface area (Å²) in [5.41, 5.74) is 3.34. The highest BCUT2D eigenvalue weighted by atomic mass is 32.2. The summed E-state index contributed by atoms with van der Waals surface area (Å²) in [6.45, 7) is 5.92. The van der Waals surface area contributed by atoms with Crippen LogP contribution >= 0.6 is 0 Å². The molecular formula is C23H30N2O3S. The molecule has 6 heteroatoms. The number of rotatable bonds is 8. The Balaban J connectivity index is 1.47. The van der Waals surface area contributed by atoms with Crippen molar-refractivity contribution < 1.29 is 13.2 Å². The van der Waals surface area contributed by atoms with Gasteiger partial charge in [-0.15, -0.1) is 0 Å². The predicted octanol–water partition coefficient (Wildman–Crippen LogP) is 3.84. The van der Waals surface area contributed by atoms with Gasteiger partial charge in [0.1, 0.15) is 0 Å². The van der Waals surface area contributed by atoms with Crippen LogP contribution in [0.3, 0.4) is 0 Å². The van der Waals surface area contributed by atoms with Gasteiger partial charge in [0.2, 0.25) is 15.9 Å². The second kappa shape index (κ2) is 9.55. The molecule has 0 aliphatic carbocycles.